The molecule has 4 heteroatoms. The number of hydrogen-bond acceptors (Lipinski definition) is 3. The molecule has 4 aromatic rings. The summed E-state index contributed by atoms with van der Waals surface area (Å²) in [6, 6.07) is 20.0. The van der Waals surface area contributed by atoms with Crippen LogP contribution in [0.1, 0.15) is 12.5 Å². The van der Waals surface area contributed by atoms with E-state index in [1.165, 1.54) is 0 Å². The number of rotatable bonds is 3. The second-order valence-electron chi connectivity index (χ2n) is 5.55. The molecular weight excluding hydrogens is 296 g/mol. The molecule has 0 aliphatic heterocycles. The Balaban J connectivity index is 1.81. The Labute approximate surface area is 140 Å². The lowest BCUT2D eigenvalue weighted by Crippen LogP contribution is -1.94. The Hall–Kier alpha value is -3.27. The SMILES string of the molecule is CC(=Nc1ccccc1-c1nc2ccccc2[nH]1)c1ccncc1. The maximum absolute atomic E-state index is 4.80. The fourth-order valence-corrected chi connectivity index (χ4v) is 2.69. The molecule has 1 N–H and O–H groups in total. The van der Waals surface area contributed by atoms with Gasteiger partial charge in [-0.25, -0.2) is 4.98 Å². The molecule has 2 aromatic heterocycles. The van der Waals surface area contributed by atoms with Crippen molar-refractivity contribution in [2.75, 3.05) is 0 Å². The van der Waals surface area contributed by atoms with Gasteiger partial charge in [0.05, 0.1) is 16.7 Å². The maximum Gasteiger partial charge on any atom is 0.140 e. The third-order valence-corrected chi connectivity index (χ3v) is 3.93. The predicted octanol–water partition coefficient (Wildman–Crippen LogP) is 4.77. The van der Waals surface area contributed by atoms with Gasteiger partial charge in [0.2, 0.25) is 0 Å². The molecule has 0 atom stereocenters. The highest BCUT2D eigenvalue weighted by Crippen LogP contribution is 2.30. The van der Waals surface area contributed by atoms with Crippen LogP contribution < -0.4 is 0 Å². The van der Waals surface area contributed by atoms with Gasteiger partial charge in [0.25, 0.3) is 0 Å². The molecule has 0 spiro atoms. The minimum absolute atomic E-state index is 0.832. The van der Waals surface area contributed by atoms with Crippen LogP contribution in [0.15, 0.2) is 78.0 Å². The summed E-state index contributed by atoms with van der Waals surface area (Å²) in [5.41, 5.74) is 5.87. The van der Waals surface area contributed by atoms with E-state index in [1.54, 1.807) is 12.4 Å². The third kappa shape index (κ3) is 2.70. The van der Waals surface area contributed by atoms with Crippen LogP contribution in [-0.4, -0.2) is 20.7 Å². The molecule has 0 aliphatic carbocycles. The van der Waals surface area contributed by atoms with Crippen molar-refractivity contribution in [2.24, 2.45) is 4.99 Å². The van der Waals surface area contributed by atoms with Crippen LogP contribution in [-0.2, 0) is 0 Å². The summed E-state index contributed by atoms with van der Waals surface area (Å²) < 4.78 is 0. The molecule has 2 heterocycles. The smallest absolute Gasteiger partial charge is 0.140 e. The minimum Gasteiger partial charge on any atom is -0.338 e. The highest BCUT2D eigenvalue weighted by atomic mass is 14.9. The van der Waals surface area contributed by atoms with Gasteiger partial charge in [-0.2, -0.15) is 0 Å². The molecule has 0 fully saturated rings. The lowest BCUT2D eigenvalue weighted by atomic mass is 10.1. The fraction of sp³-hybridized carbons (Fsp3) is 0.0500. The Bertz CT molecular complexity index is 983. The van der Waals surface area contributed by atoms with E-state index in [-0.39, 0.29) is 0 Å². The van der Waals surface area contributed by atoms with Crippen molar-refractivity contribution in [1.82, 2.24) is 15.0 Å². The fourth-order valence-electron chi connectivity index (χ4n) is 2.69. The number of nitrogens with zero attached hydrogens (tertiary/aromatic N) is 3. The van der Waals surface area contributed by atoms with Crippen molar-refractivity contribution in [2.45, 2.75) is 6.92 Å². The first-order chi connectivity index (χ1) is 11.8. The van der Waals surface area contributed by atoms with E-state index in [1.807, 2.05) is 67.6 Å². The summed E-state index contributed by atoms with van der Waals surface area (Å²) in [4.78, 5) is 16.9. The van der Waals surface area contributed by atoms with Crippen molar-refractivity contribution < 1.29 is 0 Å². The van der Waals surface area contributed by atoms with Crippen LogP contribution in [0.2, 0.25) is 0 Å². The number of aromatic amines is 1. The standard InChI is InChI=1S/C20H16N4/c1-14(15-10-12-21-13-11-15)22-17-7-3-2-6-16(17)20-23-18-8-4-5-9-19(18)24-20/h2-13H,1H3,(H,23,24). The molecule has 4 nitrogen and oxygen atoms in total. The van der Waals surface area contributed by atoms with Crippen molar-refractivity contribution in [3.05, 3.63) is 78.6 Å². The molecule has 0 saturated heterocycles. The molecule has 0 bridgehead atoms. The topological polar surface area (TPSA) is 53.9 Å². The first kappa shape index (κ1) is 14.3. The van der Waals surface area contributed by atoms with Crippen molar-refractivity contribution in [1.29, 1.82) is 0 Å². The lowest BCUT2D eigenvalue weighted by Gasteiger charge is -2.05. The monoisotopic (exact) mass is 312 g/mol. The summed E-state index contributed by atoms with van der Waals surface area (Å²) in [5.74, 6) is 0.832. The van der Waals surface area contributed by atoms with Gasteiger partial charge in [0.1, 0.15) is 5.82 Å². The van der Waals surface area contributed by atoms with E-state index in [0.29, 0.717) is 0 Å². The first-order valence-electron chi connectivity index (χ1n) is 7.81. The molecule has 24 heavy (non-hydrogen) atoms. The number of aliphatic imine (C=N–C) groups is 1. The van der Waals surface area contributed by atoms with Gasteiger partial charge in [0.15, 0.2) is 0 Å². The average molecular weight is 312 g/mol. The third-order valence-electron chi connectivity index (χ3n) is 3.93. The molecule has 0 unspecified atom stereocenters. The van der Waals surface area contributed by atoms with Crippen LogP contribution in [0.5, 0.6) is 0 Å². The summed E-state index contributed by atoms with van der Waals surface area (Å²) in [6.45, 7) is 2.00. The number of hydrogen-bond donors (Lipinski definition) is 1. The first-order valence-corrected chi connectivity index (χ1v) is 7.81. The molecular formula is C20H16N4. The molecule has 2 aromatic carbocycles. The number of fused-ring (bicyclic) bond motifs is 1. The van der Waals surface area contributed by atoms with Gasteiger partial charge in [-0.1, -0.05) is 24.3 Å². The normalized spacial score (nSPS) is 11.8. The van der Waals surface area contributed by atoms with Crippen LogP contribution in [0.25, 0.3) is 22.4 Å². The van der Waals surface area contributed by atoms with Gasteiger partial charge in [-0.05, 0) is 48.9 Å². The molecule has 4 rings (SSSR count). The second-order valence-corrected chi connectivity index (χ2v) is 5.55. The van der Waals surface area contributed by atoms with Gasteiger partial charge in [-0.15, -0.1) is 0 Å². The van der Waals surface area contributed by atoms with E-state index >= 15 is 0 Å². The quantitative estimate of drug-likeness (QED) is 0.554. The van der Waals surface area contributed by atoms with Crippen molar-refractivity contribution >= 4 is 22.4 Å². The highest BCUT2D eigenvalue weighted by Gasteiger charge is 2.09. The Morgan fingerprint density at radius 1 is 0.917 bits per heavy atom. The van der Waals surface area contributed by atoms with Gasteiger partial charge in [0, 0.05) is 23.7 Å². The van der Waals surface area contributed by atoms with E-state index in [0.717, 1.165) is 39.4 Å². The second kappa shape index (κ2) is 6.08. The highest BCUT2D eigenvalue weighted by molar-refractivity contribution is 6.01. The number of para-hydroxylation sites is 3. The van der Waals surface area contributed by atoms with E-state index < -0.39 is 0 Å². The molecule has 0 radical (unpaired) electrons. The Morgan fingerprint density at radius 3 is 2.50 bits per heavy atom. The maximum atomic E-state index is 4.80. The molecule has 0 saturated carbocycles. The van der Waals surface area contributed by atoms with E-state index in [9.17, 15) is 0 Å². The number of aromatic nitrogens is 3. The summed E-state index contributed by atoms with van der Waals surface area (Å²) in [7, 11) is 0. The number of nitrogens with one attached hydrogen (secondary N) is 1. The molecule has 116 valence electrons. The summed E-state index contributed by atoms with van der Waals surface area (Å²) in [6.07, 6.45) is 3.55. The minimum atomic E-state index is 0.832. The number of imidazole rings is 1. The van der Waals surface area contributed by atoms with Crippen LogP contribution in [0, 0.1) is 0 Å². The zero-order chi connectivity index (χ0) is 16.4. The van der Waals surface area contributed by atoms with Crippen LogP contribution in [0.3, 0.4) is 0 Å². The Kier molecular flexibility index (Phi) is 3.63. The van der Waals surface area contributed by atoms with Gasteiger partial charge < -0.3 is 4.98 Å². The molecule has 0 amide bonds. The van der Waals surface area contributed by atoms with E-state index in [2.05, 4.69) is 15.0 Å². The summed E-state index contributed by atoms with van der Waals surface area (Å²) in [5, 5.41) is 0. The van der Waals surface area contributed by atoms with Crippen LogP contribution in [0.4, 0.5) is 5.69 Å². The lowest BCUT2D eigenvalue weighted by molar-refractivity contribution is 1.31. The van der Waals surface area contributed by atoms with Gasteiger partial charge >= 0.3 is 0 Å². The average Bonchev–Trinajstić information content (AvgIpc) is 3.07. The van der Waals surface area contributed by atoms with Crippen molar-refractivity contribution in [3.8, 4) is 11.4 Å². The van der Waals surface area contributed by atoms with Crippen LogP contribution >= 0.6 is 0 Å². The Morgan fingerprint density at radius 2 is 1.67 bits per heavy atom. The van der Waals surface area contributed by atoms with E-state index in [4.69, 9.17) is 4.99 Å². The zero-order valence-corrected chi connectivity index (χ0v) is 13.3. The number of benzene rings is 2. The summed E-state index contributed by atoms with van der Waals surface area (Å²) >= 11 is 0. The van der Waals surface area contributed by atoms with Gasteiger partial charge in [-0.3, -0.25) is 9.98 Å². The largest absolute Gasteiger partial charge is 0.338 e. The number of pyridine rings is 1. The zero-order valence-electron chi connectivity index (χ0n) is 13.3. The van der Waals surface area contributed by atoms with Crippen molar-refractivity contribution in [3.63, 3.8) is 0 Å². The number of H-pyrrole nitrogens is 1. The predicted molar refractivity (Wildman–Crippen MR) is 97.6 cm³/mol. The molecule has 0 aliphatic rings.